The standard InChI is InChI=1S/C17H22N4O2.ClH/c1-20-9-8-19-17(20)14-12-18-7-10-21(14)16(22)11-13-5-3-4-6-15(13)23-2;/h3-6,8-9,14,18H,7,10-12H2,1-2H3;1H. The van der Waals surface area contributed by atoms with Gasteiger partial charge in [-0.05, 0) is 6.07 Å². The summed E-state index contributed by atoms with van der Waals surface area (Å²) in [4.78, 5) is 19.2. The number of carbonyl (C=O) groups excluding carboxylic acids is 1. The number of aryl methyl sites for hydroxylation is 1. The van der Waals surface area contributed by atoms with Gasteiger partial charge in [-0.2, -0.15) is 0 Å². The van der Waals surface area contributed by atoms with E-state index >= 15 is 0 Å². The average Bonchev–Trinajstić information content (AvgIpc) is 3.01. The number of aromatic nitrogens is 2. The number of piperazine rings is 1. The molecule has 1 fully saturated rings. The van der Waals surface area contributed by atoms with Crippen LogP contribution in [0, 0.1) is 0 Å². The van der Waals surface area contributed by atoms with Gasteiger partial charge >= 0.3 is 0 Å². The zero-order valence-electron chi connectivity index (χ0n) is 13.9. The first-order valence-electron chi connectivity index (χ1n) is 7.80. The van der Waals surface area contributed by atoms with Gasteiger partial charge in [0, 0.05) is 44.6 Å². The molecule has 0 saturated carbocycles. The smallest absolute Gasteiger partial charge is 0.227 e. The van der Waals surface area contributed by atoms with Crippen LogP contribution in [-0.4, -0.2) is 47.1 Å². The Bertz CT molecular complexity index is 689. The molecule has 3 rings (SSSR count). The van der Waals surface area contributed by atoms with Crippen LogP contribution in [0.3, 0.4) is 0 Å². The fraction of sp³-hybridized carbons (Fsp3) is 0.412. The Hall–Kier alpha value is -2.05. The highest BCUT2D eigenvalue weighted by atomic mass is 35.5. The van der Waals surface area contributed by atoms with E-state index in [1.54, 1.807) is 13.3 Å². The molecule has 7 heteroatoms. The predicted octanol–water partition coefficient (Wildman–Crippen LogP) is 1.57. The lowest BCUT2D eigenvalue weighted by Gasteiger charge is -2.36. The molecular weight excluding hydrogens is 328 g/mol. The zero-order chi connectivity index (χ0) is 16.2. The number of nitrogens with one attached hydrogen (secondary N) is 1. The quantitative estimate of drug-likeness (QED) is 0.909. The molecule has 1 saturated heterocycles. The van der Waals surface area contributed by atoms with Gasteiger partial charge in [0.1, 0.15) is 17.6 Å². The van der Waals surface area contributed by atoms with Crippen molar-refractivity contribution < 1.29 is 9.53 Å². The van der Waals surface area contributed by atoms with Crippen molar-refractivity contribution in [2.45, 2.75) is 12.5 Å². The van der Waals surface area contributed by atoms with Crippen LogP contribution >= 0.6 is 12.4 Å². The minimum atomic E-state index is -0.0362. The molecule has 1 atom stereocenters. The number of methoxy groups -OCH3 is 1. The number of amides is 1. The first kappa shape index (κ1) is 18.3. The fourth-order valence-electron chi connectivity index (χ4n) is 3.05. The van der Waals surface area contributed by atoms with E-state index in [0.29, 0.717) is 13.0 Å². The summed E-state index contributed by atoms with van der Waals surface area (Å²) in [6, 6.07) is 7.63. The normalized spacial score (nSPS) is 17.2. The van der Waals surface area contributed by atoms with Crippen molar-refractivity contribution in [2.75, 3.05) is 26.7 Å². The number of rotatable bonds is 4. The molecule has 2 aromatic rings. The van der Waals surface area contributed by atoms with Gasteiger partial charge < -0.3 is 19.5 Å². The largest absolute Gasteiger partial charge is 0.496 e. The third-order valence-electron chi connectivity index (χ3n) is 4.25. The maximum Gasteiger partial charge on any atom is 0.227 e. The van der Waals surface area contributed by atoms with Crippen LogP contribution in [0.2, 0.25) is 0 Å². The highest BCUT2D eigenvalue weighted by Crippen LogP contribution is 2.24. The van der Waals surface area contributed by atoms with E-state index in [1.807, 2.05) is 47.0 Å². The number of carbonyl (C=O) groups is 1. The topological polar surface area (TPSA) is 59.4 Å². The lowest BCUT2D eigenvalue weighted by atomic mass is 10.1. The fourth-order valence-corrected chi connectivity index (χ4v) is 3.05. The van der Waals surface area contributed by atoms with Crippen LogP contribution in [0.15, 0.2) is 36.7 Å². The van der Waals surface area contributed by atoms with Crippen molar-refractivity contribution in [3.8, 4) is 5.75 Å². The molecule has 1 aromatic heterocycles. The number of hydrogen-bond donors (Lipinski definition) is 1. The van der Waals surface area contributed by atoms with Crippen LogP contribution in [0.25, 0.3) is 0 Å². The molecule has 1 aliphatic rings. The summed E-state index contributed by atoms with van der Waals surface area (Å²) >= 11 is 0. The molecule has 1 amide bonds. The summed E-state index contributed by atoms with van der Waals surface area (Å²) < 4.78 is 7.33. The van der Waals surface area contributed by atoms with E-state index in [-0.39, 0.29) is 24.4 Å². The van der Waals surface area contributed by atoms with E-state index < -0.39 is 0 Å². The molecule has 0 spiro atoms. The number of imidazole rings is 1. The third kappa shape index (κ3) is 3.71. The molecule has 0 aliphatic carbocycles. The Kier molecular flexibility index (Phi) is 6.23. The summed E-state index contributed by atoms with van der Waals surface area (Å²) in [6.07, 6.45) is 4.02. The summed E-state index contributed by atoms with van der Waals surface area (Å²) in [5.74, 6) is 1.76. The maximum atomic E-state index is 12.9. The lowest BCUT2D eigenvalue weighted by Crippen LogP contribution is -2.49. The van der Waals surface area contributed by atoms with Gasteiger partial charge in [0.2, 0.25) is 5.91 Å². The number of benzene rings is 1. The summed E-state index contributed by atoms with van der Waals surface area (Å²) in [5, 5.41) is 3.35. The minimum absolute atomic E-state index is 0. The van der Waals surface area contributed by atoms with Crippen molar-refractivity contribution in [3.05, 3.63) is 48.0 Å². The van der Waals surface area contributed by atoms with Crippen molar-refractivity contribution >= 4 is 18.3 Å². The third-order valence-corrected chi connectivity index (χ3v) is 4.25. The number of nitrogens with zero attached hydrogens (tertiary/aromatic N) is 3. The van der Waals surface area contributed by atoms with Crippen LogP contribution in [0.4, 0.5) is 0 Å². The Labute approximate surface area is 148 Å². The molecule has 24 heavy (non-hydrogen) atoms. The molecule has 2 heterocycles. The second kappa shape index (κ2) is 8.17. The Morgan fingerprint density at radius 3 is 2.92 bits per heavy atom. The monoisotopic (exact) mass is 350 g/mol. The Morgan fingerprint density at radius 2 is 2.21 bits per heavy atom. The van der Waals surface area contributed by atoms with Crippen molar-refractivity contribution in [1.29, 1.82) is 0 Å². The second-order valence-electron chi connectivity index (χ2n) is 5.69. The van der Waals surface area contributed by atoms with E-state index in [1.165, 1.54) is 0 Å². The van der Waals surface area contributed by atoms with Gasteiger partial charge in [-0.15, -0.1) is 12.4 Å². The second-order valence-corrected chi connectivity index (χ2v) is 5.69. The molecule has 1 aliphatic heterocycles. The predicted molar refractivity (Wildman–Crippen MR) is 94.5 cm³/mol. The molecule has 1 N–H and O–H groups in total. The lowest BCUT2D eigenvalue weighted by molar-refractivity contribution is -0.134. The van der Waals surface area contributed by atoms with Crippen LogP contribution in [-0.2, 0) is 18.3 Å². The summed E-state index contributed by atoms with van der Waals surface area (Å²) in [6.45, 7) is 2.21. The Morgan fingerprint density at radius 1 is 1.42 bits per heavy atom. The molecular formula is C17H23ClN4O2. The molecule has 6 nitrogen and oxygen atoms in total. The zero-order valence-corrected chi connectivity index (χ0v) is 14.8. The number of ether oxygens (including phenoxy) is 1. The molecule has 0 radical (unpaired) electrons. The van der Waals surface area contributed by atoms with Crippen molar-refractivity contribution in [2.24, 2.45) is 7.05 Å². The molecule has 1 unspecified atom stereocenters. The highest BCUT2D eigenvalue weighted by molar-refractivity contribution is 5.85. The van der Waals surface area contributed by atoms with Crippen LogP contribution in [0.5, 0.6) is 5.75 Å². The summed E-state index contributed by atoms with van der Waals surface area (Å²) in [5.41, 5.74) is 0.914. The van der Waals surface area contributed by atoms with Crippen LogP contribution < -0.4 is 10.1 Å². The molecule has 0 bridgehead atoms. The number of para-hydroxylation sites is 1. The van der Waals surface area contributed by atoms with Crippen molar-refractivity contribution in [3.63, 3.8) is 0 Å². The average molecular weight is 351 g/mol. The van der Waals surface area contributed by atoms with Gasteiger partial charge in [-0.3, -0.25) is 4.79 Å². The maximum absolute atomic E-state index is 12.9. The van der Waals surface area contributed by atoms with Gasteiger partial charge in [-0.1, -0.05) is 18.2 Å². The van der Waals surface area contributed by atoms with Gasteiger partial charge in [0.05, 0.1) is 13.5 Å². The van der Waals surface area contributed by atoms with E-state index in [2.05, 4.69) is 10.3 Å². The van der Waals surface area contributed by atoms with E-state index in [9.17, 15) is 4.79 Å². The van der Waals surface area contributed by atoms with E-state index in [4.69, 9.17) is 4.74 Å². The number of halogens is 1. The van der Waals surface area contributed by atoms with E-state index in [0.717, 1.165) is 30.2 Å². The van der Waals surface area contributed by atoms with Gasteiger partial charge in [0.15, 0.2) is 0 Å². The molecule has 130 valence electrons. The van der Waals surface area contributed by atoms with Gasteiger partial charge in [-0.25, -0.2) is 4.98 Å². The summed E-state index contributed by atoms with van der Waals surface area (Å²) in [7, 11) is 3.59. The SMILES string of the molecule is COc1ccccc1CC(=O)N1CCNCC1c1nccn1C.Cl. The van der Waals surface area contributed by atoms with Crippen LogP contribution in [0.1, 0.15) is 17.4 Å². The first-order valence-corrected chi connectivity index (χ1v) is 7.80. The first-order chi connectivity index (χ1) is 11.2. The highest BCUT2D eigenvalue weighted by Gasteiger charge is 2.30. The molecule has 1 aromatic carbocycles. The Balaban J connectivity index is 0.00000208. The number of hydrogen-bond acceptors (Lipinski definition) is 4. The van der Waals surface area contributed by atoms with Crippen molar-refractivity contribution in [1.82, 2.24) is 19.8 Å². The van der Waals surface area contributed by atoms with Gasteiger partial charge in [0.25, 0.3) is 0 Å². The minimum Gasteiger partial charge on any atom is -0.496 e.